The van der Waals surface area contributed by atoms with Crippen LogP contribution in [0.3, 0.4) is 0 Å². The van der Waals surface area contributed by atoms with E-state index in [9.17, 15) is 0 Å². The number of piperazine rings is 1. The molecular weight excluding hydrogens is 707 g/mol. The largest absolute Gasteiger partial charge is 0.497 e. The summed E-state index contributed by atoms with van der Waals surface area (Å²) in [5.74, 6) is 2.51. The fraction of sp³-hybridized carbons (Fsp3) is 0.457. The molecule has 4 aromatic rings. The zero-order valence-corrected chi connectivity index (χ0v) is 31.6. The SMILES string of the molecule is COc1cc(OI)cc(N(CCCO[Si](C)(C)C(C)(C)C)c2ccc3ncc(-c4cnc(N5CCN(C)CC5)c(C)c4)nc3c2)c1. The van der Waals surface area contributed by atoms with Gasteiger partial charge in [-0.05, 0) is 68.4 Å². The maximum absolute atomic E-state index is 6.53. The van der Waals surface area contributed by atoms with Gasteiger partial charge < -0.3 is 26.9 Å². The number of hydrogen-bond donors (Lipinski definition) is 0. The smallest absolute Gasteiger partial charge is 0.192 e. The second-order valence-electron chi connectivity index (χ2n) is 13.6. The summed E-state index contributed by atoms with van der Waals surface area (Å²) in [4.78, 5) is 21.7. The van der Waals surface area contributed by atoms with E-state index in [4.69, 9.17) is 27.2 Å². The Kier molecular flexibility index (Phi) is 10.8. The van der Waals surface area contributed by atoms with Crippen molar-refractivity contribution in [3.63, 3.8) is 0 Å². The van der Waals surface area contributed by atoms with Gasteiger partial charge in [-0.3, -0.25) is 4.98 Å². The van der Waals surface area contributed by atoms with Gasteiger partial charge in [0.25, 0.3) is 0 Å². The molecule has 1 fully saturated rings. The molecule has 0 bridgehead atoms. The number of pyridine rings is 1. The minimum Gasteiger partial charge on any atom is -0.497 e. The summed E-state index contributed by atoms with van der Waals surface area (Å²) in [6.45, 7) is 19.1. The molecule has 5 rings (SSSR count). The van der Waals surface area contributed by atoms with Crippen LogP contribution < -0.4 is 17.6 Å². The fourth-order valence-corrected chi connectivity index (χ4v) is 6.75. The quantitative estimate of drug-likeness (QED) is 0.0860. The monoisotopic (exact) mass is 754 g/mol. The number of ether oxygens (including phenoxy) is 1. The maximum atomic E-state index is 6.53. The molecule has 0 saturated carbocycles. The molecule has 0 aliphatic carbocycles. The zero-order chi connectivity index (χ0) is 33.1. The molecule has 0 radical (unpaired) electrons. The molecule has 46 heavy (non-hydrogen) atoms. The Labute approximate surface area is 289 Å². The fourth-order valence-electron chi connectivity index (χ4n) is 5.41. The Balaban J connectivity index is 1.44. The first-order chi connectivity index (χ1) is 21.9. The van der Waals surface area contributed by atoms with Gasteiger partial charge in [0.05, 0.1) is 30.0 Å². The molecule has 2 aromatic heterocycles. The van der Waals surface area contributed by atoms with E-state index in [2.05, 4.69) is 80.7 Å². The van der Waals surface area contributed by atoms with Crippen LogP contribution in [0.25, 0.3) is 22.3 Å². The van der Waals surface area contributed by atoms with Crippen LogP contribution in [-0.2, 0) is 4.43 Å². The van der Waals surface area contributed by atoms with Gasteiger partial charge in [0.1, 0.15) is 17.3 Å². The molecule has 9 nitrogen and oxygen atoms in total. The van der Waals surface area contributed by atoms with E-state index in [0.717, 1.165) is 95.7 Å². The van der Waals surface area contributed by atoms with Crippen LogP contribution in [0.4, 0.5) is 17.2 Å². The van der Waals surface area contributed by atoms with E-state index < -0.39 is 8.32 Å². The molecule has 0 unspecified atom stereocenters. The summed E-state index contributed by atoms with van der Waals surface area (Å²) in [7, 11) is 2.00. The zero-order valence-electron chi connectivity index (χ0n) is 28.4. The number of anilines is 3. The first-order valence-electron chi connectivity index (χ1n) is 15.9. The highest BCUT2D eigenvalue weighted by Gasteiger charge is 2.36. The Bertz CT molecular complexity index is 1630. The molecule has 11 heteroatoms. The number of nitrogens with zero attached hydrogens (tertiary/aromatic N) is 6. The lowest BCUT2D eigenvalue weighted by molar-refractivity contribution is 0.284. The second-order valence-corrected chi connectivity index (χ2v) is 18.9. The summed E-state index contributed by atoms with van der Waals surface area (Å²) in [6, 6.07) is 14.4. The normalized spacial score (nSPS) is 14.5. The average Bonchev–Trinajstić information content (AvgIpc) is 3.04. The topological polar surface area (TPSA) is 76.1 Å². The Morgan fingerprint density at radius 1 is 0.913 bits per heavy atom. The summed E-state index contributed by atoms with van der Waals surface area (Å²) < 4.78 is 17.8. The highest BCUT2D eigenvalue weighted by Crippen LogP contribution is 2.38. The predicted molar refractivity (Wildman–Crippen MR) is 200 cm³/mol. The third-order valence-corrected chi connectivity index (χ3v) is 14.3. The van der Waals surface area contributed by atoms with Gasteiger partial charge >= 0.3 is 0 Å². The van der Waals surface area contributed by atoms with Crippen molar-refractivity contribution in [3.8, 4) is 22.8 Å². The molecule has 246 valence electrons. The van der Waals surface area contributed by atoms with Gasteiger partial charge in [0.2, 0.25) is 0 Å². The number of hydrogen-bond acceptors (Lipinski definition) is 9. The molecule has 2 aromatic carbocycles. The van der Waals surface area contributed by atoms with Crippen LogP contribution >= 0.6 is 23.0 Å². The van der Waals surface area contributed by atoms with Crippen LogP contribution in [0.5, 0.6) is 11.5 Å². The van der Waals surface area contributed by atoms with E-state index in [1.54, 1.807) is 7.11 Å². The third-order valence-electron chi connectivity index (χ3n) is 9.28. The van der Waals surface area contributed by atoms with Crippen molar-refractivity contribution < 1.29 is 12.2 Å². The maximum Gasteiger partial charge on any atom is 0.192 e. The standard InChI is InChI=1S/C35H47IN6O3Si/c1-25-18-26(23-38-34(25)41-15-13-40(5)14-16-41)33-24-37-31-11-10-27(21-32(31)39-33)42(12-9-17-44-46(7,8)35(2,3)4)28-19-29(43-6)22-30(20-28)45-36/h10-11,18-24H,9,12-17H2,1-8H3. The van der Waals surface area contributed by atoms with Crippen molar-refractivity contribution in [2.75, 3.05) is 63.3 Å². The number of rotatable bonds is 11. The van der Waals surface area contributed by atoms with E-state index in [0.29, 0.717) is 6.61 Å². The molecule has 0 N–H and O–H groups in total. The molecule has 1 saturated heterocycles. The van der Waals surface area contributed by atoms with Gasteiger partial charge in [-0.25, -0.2) is 9.97 Å². The number of halogens is 1. The minimum absolute atomic E-state index is 0.166. The third kappa shape index (κ3) is 7.92. The summed E-state index contributed by atoms with van der Waals surface area (Å²) >= 11 is 1.91. The van der Waals surface area contributed by atoms with Crippen LogP contribution in [-0.4, -0.2) is 81.7 Å². The molecule has 0 atom stereocenters. The lowest BCUT2D eigenvalue weighted by Gasteiger charge is -2.36. The number of fused-ring (bicyclic) bond motifs is 1. The van der Waals surface area contributed by atoms with Gasteiger partial charge in [-0.1, -0.05) is 20.8 Å². The summed E-state index contributed by atoms with van der Waals surface area (Å²) in [5, 5.41) is 0.166. The summed E-state index contributed by atoms with van der Waals surface area (Å²) in [6.07, 6.45) is 4.63. The van der Waals surface area contributed by atoms with Crippen molar-refractivity contribution >= 4 is 59.5 Å². The second kappa shape index (κ2) is 14.4. The Morgan fingerprint density at radius 2 is 1.65 bits per heavy atom. The molecule has 0 spiro atoms. The molecule has 0 amide bonds. The van der Waals surface area contributed by atoms with Gasteiger partial charge in [-0.15, -0.1) is 0 Å². The number of benzene rings is 2. The molecule has 1 aliphatic heterocycles. The van der Waals surface area contributed by atoms with Crippen LogP contribution in [0, 0.1) is 6.92 Å². The highest BCUT2D eigenvalue weighted by atomic mass is 127. The molecule has 1 aliphatic rings. The van der Waals surface area contributed by atoms with E-state index in [1.165, 1.54) is 0 Å². The van der Waals surface area contributed by atoms with Crippen molar-refractivity contribution in [2.45, 2.75) is 52.2 Å². The van der Waals surface area contributed by atoms with E-state index in [-0.39, 0.29) is 5.04 Å². The Hall–Kier alpha value is -3.00. The van der Waals surface area contributed by atoms with Gasteiger partial charge in [0.15, 0.2) is 31.3 Å². The molecular formula is C35H47IN6O3Si. The number of aryl methyl sites for hydroxylation is 1. The average molecular weight is 755 g/mol. The van der Waals surface area contributed by atoms with Crippen molar-refractivity contribution in [3.05, 3.63) is 60.4 Å². The van der Waals surface area contributed by atoms with Crippen LogP contribution in [0.15, 0.2) is 54.9 Å². The first kappa shape index (κ1) is 34.3. The lowest BCUT2D eigenvalue weighted by Crippen LogP contribution is -2.45. The number of methoxy groups -OCH3 is 1. The van der Waals surface area contributed by atoms with Gasteiger partial charge in [-0.2, -0.15) is 0 Å². The van der Waals surface area contributed by atoms with Crippen molar-refractivity contribution in [2.24, 2.45) is 0 Å². The lowest BCUT2D eigenvalue weighted by atomic mass is 10.1. The number of aromatic nitrogens is 3. The number of likely N-dealkylation sites (N-methyl/N-ethyl adjacent to an activating group) is 1. The Morgan fingerprint density at radius 3 is 2.33 bits per heavy atom. The predicted octanol–water partition coefficient (Wildman–Crippen LogP) is 8.04. The van der Waals surface area contributed by atoms with Crippen LogP contribution in [0.1, 0.15) is 32.8 Å². The molecule has 3 heterocycles. The highest BCUT2D eigenvalue weighted by molar-refractivity contribution is 14.1. The van der Waals surface area contributed by atoms with Crippen molar-refractivity contribution in [1.82, 2.24) is 19.9 Å². The van der Waals surface area contributed by atoms with Crippen molar-refractivity contribution in [1.29, 1.82) is 0 Å². The van der Waals surface area contributed by atoms with E-state index >= 15 is 0 Å². The first-order valence-corrected chi connectivity index (χ1v) is 19.7. The summed E-state index contributed by atoms with van der Waals surface area (Å²) in [5.41, 5.74) is 6.57. The minimum atomic E-state index is -1.85. The van der Waals surface area contributed by atoms with Gasteiger partial charge in [0, 0.05) is 80.7 Å². The van der Waals surface area contributed by atoms with E-state index in [1.807, 2.05) is 59.7 Å². The van der Waals surface area contributed by atoms with Crippen LogP contribution in [0.2, 0.25) is 18.1 Å².